The number of amides is 1. The number of likely N-dealkylation sites (tertiary alicyclic amines) is 1. The molecule has 2 saturated heterocycles. The summed E-state index contributed by atoms with van der Waals surface area (Å²) in [7, 11) is 0. The highest BCUT2D eigenvalue weighted by Gasteiger charge is 2.47. The molecule has 4 aromatic rings. The van der Waals surface area contributed by atoms with Gasteiger partial charge in [-0.1, -0.05) is 61.9 Å². The molecular formula is C35H35FN4O2S. The Kier molecular flexibility index (Phi) is 7.70. The molecule has 1 aromatic heterocycles. The maximum atomic E-state index is 14.3. The van der Waals surface area contributed by atoms with Gasteiger partial charge in [0.15, 0.2) is 5.50 Å². The molecule has 0 saturated carbocycles. The van der Waals surface area contributed by atoms with Gasteiger partial charge in [-0.15, -0.1) is 0 Å². The zero-order valence-electron chi connectivity index (χ0n) is 24.2. The SMILES string of the molecule is CCCCC(SC1N=c2ccccc2=CN1c1cccc(-c2ccoc2)c1)C(=O)N1CC2CC1CN2c1ccc(F)cc1. The number of nitrogens with zero attached hydrogens (tertiary/aromatic N) is 4. The number of carbonyl (C=O) groups excluding carboxylic acids is 1. The van der Waals surface area contributed by atoms with Gasteiger partial charge in [0.05, 0.1) is 29.2 Å². The molecule has 7 rings (SSSR count). The Labute approximate surface area is 255 Å². The first-order valence-corrected chi connectivity index (χ1v) is 16.1. The average Bonchev–Trinajstić information content (AvgIpc) is 3.82. The Morgan fingerprint density at radius 2 is 1.86 bits per heavy atom. The standard InChI is InChI=1S/C35H35FN4O2S/c1-2-3-11-33(34(41)39-22-30-19-31(39)21-38(30)28-14-12-27(36)13-15-28)43-35-37-32-10-5-4-7-25(32)20-40(35)29-9-6-8-24(18-29)26-16-17-42-23-26/h4-10,12-18,20,23,30-31,33,35H,2-3,11,19,21-22H2,1H3. The summed E-state index contributed by atoms with van der Waals surface area (Å²) in [6, 6.07) is 25.7. The third-order valence-electron chi connectivity index (χ3n) is 8.76. The van der Waals surface area contributed by atoms with Crippen molar-refractivity contribution in [1.29, 1.82) is 0 Å². The second-order valence-electron chi connectivity index (χ2n) is 11.5. The minimum atomic E-state index is -0.282. The first-order chi connectivity index (χ1) is 21.1. The van der Waals surface area contributed by atoms with E-state index in [4.69, 9.17) is 9.41 Å². The molecule has 3 aliphatic rings. The van der Waals surface area contributed by atoms with Crippen LogP contribution in [0.1, 0.15) is 32.6 Å². The highest BCUT2D eigenvalue weighted by Crippen LogP contribution is 2.38. The van der Waals surface area contributed by atoms with E-state index in [9.17, 15) is 9.18 Å². The molecule has 0 aliphatic carbocycles. The van der Waals surface area contributed by atoms with Crippen LogP contribution in [0, 0.1) is 5.82 Å². The number of halogens is 1. The van der Waals surface area contributed by atoms with Gasteiger partial charge in [-0.3, -0.25) is 4.79 Å². The predicted octanol–water partition coefficient (Wildman–Crippen LogP) is 6.03. The number of thioether (sulfide) groups is 1. The van der Waals surface area contributed by atoms with E-state index < -0.39 is 0 Å². The lowest BCUT2D eigenvalue weighted by molar-refractivity contribution is -0.131. The van der Waals surface area contributed by atoms with Gasteiger partial charge in [0.2, 0.25) is 5.91 Å². The van der Waals surface area contributed by atoms with Crippen molar-refractivity contribution in [2.45, 2.75) is 55.4 Å². The number of unbranched alkanes of at least 4 members (excludes halogenated alkanes) is 1. The number of fused-ring (bicyclic) bond motifs is 3. The molecule has 8 heteroatoms. The topological polar surface area (TPSA) is 52.3 Å². The van der Waals surface area contributed by atoms with Gasteiger partial charge in [0, 0.05) is 47.5 Å². The van der Waals surface area contributed by atoms with Crippen molar-refractivity contribution in [3.05, 3.63) is 108 Å². The summed E-state index contributed by atoms with van der Waals surface area (Å²) in [6.07, 6.45) is 9.38. The molecule has 0 spiro atoms. The van der Waals surface area contributed by atoms with E-state index >= 15 is 0 Å². The van der Waals surface area contributed by atoms with Crippen molar-refractivity contribution in [2.24, 2.45) is 4.99 Å². The molecule has 2 fully saturated rings. The average molecular weight is 595 g/mol. The second-order valence-corrected chi connectivity index (χ2v) is 12.8. The number of carbonyl (C=O) groups is 1. The van der Waals surface area contributed by atoms with Crippen LogP contribution in [0.2, 0.25) is 0 Å². The maximum absolute atomic E-state index is 14.3. The summed E-state index contributed by atoms with van der Waals surface area (Å²) in [5.41, 5.74) is 3.86. The second kappa shape index (κ2) is 11.9. The first kappa shape index (κ1) is 27.8. The smallest absolute Gasteiger partial charge is 0.236 e. The summed E-state index contributed by atoms with van der Waals surface area (Å²) in [5, 5.41) is 1.80. The Bertz CT molecular complexity index is 1710. The highest BCUT2D eigenvalue weighted by atomic mass is 32.2. The van der Waals surface area contributed by atoms with Crippen LogP contribution in [0.15, 0.2) is 101 Å². The molecule has 4 atom stereocenters. The highest BCUT2D eigenvalue weighted by molar-refractivity contribution is 8.01. The van der Waals surface area contributed by atoms with E-state index in [1.807, 2.05) is 36.4 Å². The molecule has 3 aliphatic heterocycles. The van der Waals surface area contributed by atoms with E-state index in [1.54, 1.807) is 24.3 Å². The van der Waals surface area contributed by atoms with Crippen LogP contribution < -0.4 is 20.4 Å². The molecule has 220 valence electrons. The van der Waals surface area contributed by atoms with Crippen molar-refractivity contribution in [2.75, 3.05) is 22.9 Å². The fourth-order valence-electron chi connectivity index (χ4n) is 6.54. The summed E-state index contributed by atoms with van der Waals surface area (Å²) < 4.78 is 18.9. The van der Waals surface area contributed by atoms with Crippen LogP contribution in [0.3, 0.4) is 0 Å². The molecule has 0 N–H and O–H groups in total. The zero-order chi connectivity index (χ0) is 29.3. The third-order valence-corrected chi connectivity index (χ3v) is 10.1. The number of piperazine rings is 1. The fourth-order valence-corrected chi connectivity index (χ4v) is 7.88. The van der Waals surface area contributed by atoms with Crippen LogP contribution in [0.5, 0.6) is 0 Å². The monoisotopic (exact) mass is 594 g/mol. The van der Waals surface area contributed by atoms with Gasteiger partial charge >= 0.3 is 0 Å². The Morgan fingerprint density at radius 3 is 2.63 bits per heavy atom. The third kappa shape index (κ3) is 5.56. The predicted molar refractivity (Wildman–Crippen MR) is 171 cm³/mol. The molecule has 4 heterocycles. The van der Waals surface area contributed by atoms with Gasteiger partial charge in [-0.2, -0.15) is 0 Å². The normalized spacial score (nSPS) is 21.3. The number of rotatable bonds is 9. The summed E-state index contributed by atoms with van der Waals surface area (Å²) in [4.78, 5) is 26.1. The van der Waals surface area contributed by atoms with Crippen LogP contribution in [-0.2, 0) is 4.79 Å². The van der Waals surface area contributed by atoms with Gasteiger partial charge in [-0.05, 0) is 66.9 Å². The number of hydrogen-bond acceptors (Lipinski definition) is 6. The molecule has 6 nitrogen and oxygen atoms in total. The van der Waals surface area contributed by atoms with Crippen molar-refractivity contribution in [3.8, 4) is 11.1 Å². The molecule has 2 bridgehead atoms. The minimum absolute atomic E-state index is 0.172. The van der Waals surface area contributed by atoms with Crippen LogP contribution in [0.4, 0.5) is 15.8 Å². The van der Waals surface area contributed by atoms with Crippen molar-refractivity contribution in [1.82, 2.24) is 4.90 Å². The maximum Gasteiger partial charge on any atom is 0.236 e. The van der Waals surface area contributed by atoms with Gasteiger partial charge < -0.3 is 19.1 Å². The quantitative estimate of drug-likeness (QED) is 0.237. The lowest BCUT2D eigenvalue weighted by atomic mass is 10.1. The molecular weight excluding hydrogens is 559 g/mol. The first-order valence-electron chi connectivity index (χ1n) is 15.1. The molecule has 43 heavy (non-hydrogen) atoms. The molecule has 0 radical (unpaired) electrons. The summed E-state index contributed by atoms with van der Waals surface area (Å²) >= 11 is 1.66. The van der Waals surface area contributed by atoms with Crippen molar-refractivity contribution < 1.29 is 13.6 Å². The largest absolute Gasteiger partial charge is 0.472 e. The van der Waals surface area contributed by atoms with E-state index in [0.29, 0.717) is 6.54 Å². The van der Waals surface area contributed by atoms with E-state index in [2.05, 4.69) is 58.2 Å². The number of hydrogen-bond donors (Lipinski definition) is 0. The number of benzene rings is 3. The zero-order valence-corrected chi connectivity index (χ0v) is 25.0. The molecule has 3 aromatic carbocycles. The van der Waals surface area contributed by atoms with Gasteiger partial charge in [-0.25, -0.2) is 9.38 Å². The summed E-state index contributed by atoms with van der Waals surface area (Å²) in [6.45, 7) is 3.67. The van der Waals surface area contributed by atoms with Crippen molar-refractivity contribution >= 4 is 35.2 Å². The van der Waals surface area contributed by atoms with Crippen molar-refractivity contribution in [3.63, 3.8) is 0 Å². The number of anilines is 2. The lowest BCUT2D eigenvalue weighted by Crippen LogP contribution is -2.51. The van der Waals surface area contributed by atoms with E-state index in [1.165, 1.54) is 12.1 Å². The fraction of sp³-hybridized carbons (Fsp3) is 0.314. The Balaban J connectivity index is 1.15. The Hall–Kier alpha value is -4.04. The Morgan fingerprint density at radius 1 is 1.00 bits per heavy atom. The molecule has 4 unspecified atom stereocenters. The number of furan rings is 1. The van der Waals surface area contributed by atoms with Crippen LogP contribution in [0.25, 0.3) is 17.3 Å². The van der Waals surface area contributed by atoms with Crippen LogP contribution in [-0.4, -0.2) is 46.7 Å². The minimum Gasteiger partial charge on any atom is -0.472 e. The number of para-hydroxylation sites is 1. The molecule has 1 amide bonds. The van der Waals surface area contributed by atoms with Gasteiger partial charge in [0.25, 0.3) is 0 Å². The summed E-state index contributed by atoms with van der Waals surface area (Å²) in [5.74, 6) is -0.0122. The van der Waals surface area contributed by atoms with E-state index in [0.717, 1.165) is 65.3 Å². The van der Waals surface area contributed by atoms with Gasteiger partial charge in [0.1, 0.15) is 5.82 Å². The van der Waals surface area contributed by atoms with Crippen LogP contribution >= 0.6 is 11.8 Å². The lowest BCUT2D eigenvalue weighted by Gasteiger charge is -2.38. The van der Waals surface area contributed by atoms with E-state index in [-0.39, 0.29) is 34.6 Å².